The Morgan fingerprint density at radius 1 is 1.24 bits per heavy atom. The number of hydrogen-bond acceptors (Lipinski definition) is 7. The SMILES string of the molecule is COc1ccc2ncc(N3CC4(CN5CCC4CC5)OC3N)nc2c1. The lowest BCUT2D eigenvalue weighted by molar-refractivity contribution is -0.137. The van der Waals surface area contributed by atoms with Gasteiger partial charge in [-0.15, -0.1) is 0 Å². The summed E-state index contributed by atoms with van der Waals surface area (Å²) >= 11 is 0. The Morgan fingerprint density at radius 3 is 2.80 bits per heavy atom. The van der Waals surface area contributed by atoms with Crippen LogP contribution in [0.4, 0.5) is 5.82 Å². The van der Waals surface area contributed by atoms with E-state index in [2.05, 4.69) is 9.88 Å². The quantitative estimate of drug-likeness (QED) is 0.879. The molecule has 0 radical (unpaired) electrons. The van der Waals surface area contributed by atoms with Gasteiger partial charge in [-0.05, 0) is 44.0 Å². The summed E-state index contributed by atoms with van der Waals surface area (Å²) in [5.74, 6) is 2.12. The van der Waals surface area contributed by atoms with E-state index in [9.17, 15) is 0 Å². The van der Waals surface area contributed by atoms with Crippen molar-refractivity contribution >= 4 is 16.9 Å². The standard InChI is InChI=1S/C18H23N5O2/c1-24-13-2-3-14-15(8-13)21-16(9-20-14)23-11-18(25-17(23)19)10-22-6-4-12(18)5-7-22/h2-3,8-9,12,17H,4-7,10-11,19H2,1H3. The van der Waals surface area contributed by atoms with E-state index in [1.54, 1.807) is 13.3 Å². The predicted octanol–water partition coefficient (Wildman–Crippen LogP) is 1.18. The van der Waals surface area contributed by atoms with E-state index < -0.39 is 6.35 Å². The molecular weight excluding hydrogens is 318 g/mol. The zero-order valence-electron chi connectivity index (χ0n) is 14.4. The Kier molecular flexibility index (Phi) is 3.38. The van der Waals surface area contributed by atoms with Crippen molar-refractivity contribution in [2.24, 2.45) is 11.7 Å². The minimum atomic E-state index is -0.474. The van der Waals surface area contributed by atoms with Crippen LogP contribution in [-0.4, -0.2) is 60.1 Å². The van der Waals surface area contributed by atoms with Crippen LogP contribution in [0.25, 0.3) is 11.0 Å². The molecule has 0 amide bonds. The second kappa shape index (κ2) is 5.52. The average Bonchev–Trinajstić information content (AvgIpc) is 2.97. The highest BCUT2D eigenvalue weighted by Crippen LogP contribution is 2.43. The largest absolute Gasteiger partial charge is 0.497 e. The van der Waals surface area contributed by atoms with Crippen molar-refractivity contribution in [2.45, 2.75) is 24.8 Å². The smallest absolute Gasteiger partial charge is 0.186 e. The molecule has 25 heavy (non-hydrogen) atoms. The van der Waals surface area contributed by atoms with Gasteiger partial charge in [0.2, 0.25) is 0 Å². The van der Waals surface area contributed by atoms with E-state index in [1.165, 1.54) is 25.9 Å². The van der Waals surface area contributed by atoms with Crippen LogP contribution in [0.1, 0.15) is 12.8 Å². The minimum Gasteiger partial charge on any atom is -0.497 e. The lowest BCUT2D eigenvalue weighted by Gasteiger charge is -2.50. The average molecular weight is 341 g/mol. The van der Waals surface area contributed by atoms with Crippen LogP contribution in [0.3, 0.4) is 0 Å². The molecule has 4 aliphatic rings. The molecule has 2 bridgehead atoms. The molecule has 7 heteroatoms. The summed E-state index contributed by atoms with van der Waals surface area (Å²) in [5.41, 5.74) is 7.82. The molecule has 2 N–H and O–H groups in total. The number of aromatic nitrogens is 2. The summed E-state index contributed by atoms with van der Waals surface area (Å²) in [5, 5.41) is 0. The number of benzene rings is 1. The van der Waals surface area contributed by atoms with E-state index in [4.69, 9.17) is 20.2 Å². The van der Waals surface area contributed by atoms with Gasteiger partial charge in [-0.25, -0.2) is 4.98 Å². The van der Waals surface area contributed by atoms with Gasteiger partial charge in [0.1, 0.15) is 11.4 Å². The van der Waals surface area contributed by atoms with Gasteiger partial charge in [-0.2, -0.15) is 0 Å². The van der Waals surface area contributed by atoms with Crippen molar-refractivity contribution in [3.8, 4) is 5.75 Å². The molecule has 5 heterocycles. The van der Waals surface area contributed by atoms with E-state index in [1.807, 2.05) is 23.1 Å². The van der Waals surface area contributed by atoms with Crippen LogP contribution >= 0.6 is 0 Å². The number of methoxy groups -OCH3 is 1. The zero-order valence-corrected chi connectivity index (χ0v) is 14.4. The summed E-state index contributed by atoms with van der Waals surface area (Å²) in [4.78, 5) is 13.8. The third-order valence-electron chi connectivity index (χ3n) is 5.95. The molecular formula is C18H23N5O2. The fourth-order valence-corrected chi connectivity index (χ4v) is 4.62. The summed E-state index contributed by atoms with van der Waals surface area (Å²) in [6, 6.07) is 5.71. The molecule has 2 unspecified atom stereocenters. The van der Waals surface area contributed by atoms with Gasteiger partial charge in [-0.3, -0.25) is 10.7 Å². The molecule has 0 saturated carbocycles. The first kappa shape index (κ1) is 15.3. The fraction of sp³-hybridized carbons (Fsp3) is 0.556. The van der Waals surface area contributed by atoms with Gasteiger partial charge in [0, 0.05) is 12.6 Å². The topological polar surface area (TPSA) is 76.7 Å². The molecule has 1 aromatic carbocycles. The molecule has 6 rings (SSSR count). The number of anilines is 1. The van der Waals surface area contributed by atoms with Gasteiger partial charge in [0.25, 0.3) is 0 Å². The van der Waals surface area contributed by atoms with Crippen LogP contribution in [0, 0.1) is 5.92 Å². The molecule has 1 aromatic heterocycles. The maximum atomic E-state index is 6.34. The fourth-order valence-electron chi connectivity index (χ4n) is 4.62. The number of piperidine rings is 3. The van der Waals surface area contributed by atoms with Crippen molar-refractivity contribution in [2.75, 3.05) is 38.2 Å². The third kappa shape index (κ3) is 2.38. The van der Waals surface area contributed by atoms with Gasteiger partial charge in [0.05, 0.1) is 30.9 Å². The number of nitrogens with two attached hydrogens (primary N) is 1. The summed E-state index contributed by atoms with van der Waals surface area (Å²) in [6.45, 7) is 4.11. The van der Waals surface area contributed by atoms with Crippen molar-refractivity contribution < 1.29 is 9.47 Å². The highest BCUT2D eigenvalue weighted by molar-refractivity contribution is 5.77. The first-order valence-corrected chi connectivity index (χ1v) is 8.90. The molecule has 7 nitrogen and oxygen atoms in total. The Balaban J connectivity index is 1.48. The highest BCUT2D eigenvalue weighted by atomic mass is 16.6. The predicted molar refractivity (Wildman–Crippen MR) is 94.4 cm³/mol. The van der Waals surface area contributed by atoms with E-state index in [-0.39, 0.29) is 5.60 Å². The van der Waals surface area contributed by atoms with Crippen molar-refractivity contribution in [3.05, 3.63) is 24.4 Å². The maximum absolute atomic E-state index is 6.34. The van der Waals surface area contributed by atoms with Crippen molar-refractivity contribution in [1.29, 1.82) is 0 Å². The molecule has 2 atom stereocenters. The number of fused-ring (bicyclic) bond motifs is 3. The molecule has 132 valence electrons. The highest BCUT2D eigenvalue weighted by Gasteiger charge is 2.54. The zero-order chi connectivity index (χ0) is 17.0. The molecule has 1 spiro atoms. The first-order chi connectivity index (χ1) is 12.2. The Hall–Kier alpha value is -1.96. The summed E-state index contributed by atoms with van der Waals surface area (Å²) < 4.78 is 11.6. The monoisotopic (exact) mass is 341 g/mol. The normalized spacial score (nSPS) is 34.2. The van der Waals surface area contributed by atoms with E-state index >= 15 is 0 Å². The Bertz CT molecular complexity index is 807. The van der Waals surface area contributed by atoms with Gasteiger partial charge < -0.3 is 19.3 Å². The molecule has 0 aliphatic carbocycles. The van der Waals surface area contributed by atoms with Crippen LogP contribution in [-0.2, 0) is 4.74 Å². The molecule has 2 aromatic rings. The number of ether oxygens (including phenoxy) is 2. The number of hydrogen-bond donors (Lipinski definition) is 1. The summed E-state index contributed by atoms with van der Waals surface area (Å²) in [6.07, 6.45) is 3.71. The summed E-state index contributed by atoms with van der Waals surface area (Å²) in [7, 11) is 1.65. The van der Waals surface area contributed by atoms with Gasteiger partial charge in [0.15, 0.2) is 12.2 Å². The molecule has 4 fully saturated rings. The van der Waals surface area contributed by atoms with Crippen molar-refractivity contribution in [3.63, 3.8) is 0 Å². The van der Waals surface area contributed by atoms with Crippen LogP contribution in [0.15, 0.2) is 24.4 Å². The Morgan fingerprint density at radius 2 is 2.08 bits per heavy atom. The number of nitrogens with zero attached hydrogens (tertiary/aromatic N) is 4. The van der Waals surface area contributed by atoms with Crippen molar-refractivity contribution in [1.82, 2.24) is 14.9 Å². The Labute approximate surface area is 146 Å². The second-order valence-electron chi connectivity index (χ2n) is 7.33. The van der Waals surface area contributed by atoms with E-state index in [0.29, 0.717) is 5.92 Å². The second-order valence-corrected chi connectivity index (χ2v) is 7.33. The van der Waals surface area contributed by atoms with Crippen LogP contribution < -0.4 is 15.4 Å². The first-order valence-electron chi connectivity index (χ1n) is 8.90. The van der Waals surface area contributed by atoms with Crippen LogP contribution in [0.5, 0.6) is 5.75 Å². The third-order valence-corrected chi connectivity index (χ3v) is 5.95. The maximum Gasteiger partial charge on any atom is 0.186 e. The molecule has 4 aliphatic heterocycles. The molecule has 4 saturated heterocycles. The van der Waals surface area contributed by atoms with Gasteiger partial charge >= 0.3 is 0 Å². The van der Waals surface area contributed by atoms with E-state index in [0.717, 1.165) is 35.7 Å². The number of rotatable bonds is 2. The van der Waals surface area contributed by atoms with Gasteiger partial charge in [-0.1, -0.05) is 0 Å². The lowest BCUT2D eigenvalue weighted by Crippen LogP contribution is -2.61. The van der Waals surface area contributed by atoms with Crippen LogP contribution in [0.2, 0.25) is 0 Å². The minimum absolute atomic E-state index is 0.166. The lowest BCUT2D eigenvalue weighted by atomic mass is 9.75.